The van der Waals surface area contributed by atoms with Crippen LogP contribution in [0.1, 0.15) is 37.8 Å². The fourth-order valence-electron chi connectivity index (χ4n) is 2.21. The summed E-state index contributed by atoms with van der Waals surface area (Å²) in [6.07, 6.45) is 4.13. The molecule has 72 valence electrons. The van der Waals surface area contributed by atoms with Gasteiger partial charge in [-0.05, 0) is 48.3 Å². The minimum absolute atomic E-state index is 0.713. The maximum Gasteiger partial charge on any atom is 0.0356 e. The normalized spacial score (nSPS) is 24.8. The Labute approximate surface area is 84.4 Å². The van der Waals surface area contributed by atoms with Crippen molar-refractivity contribution in [3.8, 4) is 0 Å². The van der Waals surface area contributed by atoms with Gasteiger partial charge in [-0.15, -0.1) is 0 Å². The van der Waals surface area contributed by atoms with Crippen LogP contribution in [0.4, 0.5) is 0 Å². The molecule has 0 aliphatic carbocycles. The van der Waals surface area contributed by atoms with E-state index in [0.717, 1.165) is 0 Å². The smallest absolute Gasteiger partial charge is 0.0356 e. The van der Waals surface area contributed by atoms with Crippen LogP contribution < -0.4 is 0 Å². The van der Waals surface area contributed by atoms with E-state index in [1.165, 1.54) is 37.9 Å². The Morgan fingerprint density at radius 1 is 1.54 bits per heavy atom. The first-order valence-electron chi connectivity index (χ1n) is 5.18. The lowest BCUT2D eigenvalue weighted by atomic mass is 9.97. The molecule has 2 heteroatoms. The quantitative estimate of drug-likeness (QED) is 0.700. The molecule has 2 heterocycles. The second-order valence-corrected chi connectivity index (χ2v) is 4.48. The molecule has 2 rings (SSSR count). The van der Waals surface area contributed by atoms with E-state index in [4.69, 9.17) is 0 Å². The minimum atomic E-state index is 0.713. The molecule has 0 N–H and O–H groups in total. The molecule has 1 nitrogen and oxygen atoms in total. The van der Waals surface area contributed by atoms with E-state index in [1.807, 2.05) is 11.3 Å². The van der Waals surface area contributed by atoms with Crippen molar-refractivity contribution in [3.63, 3.8) is 0 Å². The standard InChI is InChI=1S/C11H17NS/c1-2-12-7-4-3-5-11(12)10-6-8-13-9-10/h6,8-9,11H,2-5,7H2,1H3/t11-/m1/s1. The van der Waals surface area contributed by atoms with Crippen LogP contribution in [0.25, 0.3) is 0 Å². The zero-order chi connectivity index (χ0) is 9.10. The number of hydrogen-bond donors (Lipinski definition) is 0. The lowest BCUT2D eigenvalue weighted by Crippen LogP contribution is -2.32. The summed E-state index contributed by atoms with van der Waals surface area (Å²) in [5.74, 6) is 0. The summed E-state index contributed by atoms with van der Waals surface area (Å²) in [5.41, 5.74) is 1.53. The van der Waals surface area contributed by atoms with Crippen LogP contribution >= 0.6 is 11.3 Å². The van der Waals surface area contributed by atoms with E-state index in [1.54, 1.807) is 0 Å². The van der Waals surface area contributed by atoms with Crippen LogP contribution in [-0.4, -0.2) is 18.0 Å². The monoisotopic (exact) mass is 195 g/mol. The number of likely N-dealkylation sites (tertiary alicyclic amines) is 1. The zero-order valence-electron chi connectivity index (χ0n) is 8.20. The van der Waals surface area contributed by atoms with Gasteiger partial charge in [0.1, 0.15) is 0 Å². The van der Waals surface area contributed by atoms with Gasteiger partial charge in [0, 0.05) is 6.04 Å². The summed E-state index contributed by atoms with van der Waals surface area (Å²) in [5, 5.41) is 4.50. The van der Waals surface area contributed by atoms with Gasteiger partial charge in [-0.3, -0.25) is 4.90 Å². The summed E-state index contributed by atoms with van der Waals surface area (Å²) in [4.78, 5) is 2.60. The minimum Gasteiger partial charge on any atom is -0.297 e. The predicted octanol–water partition coefficient (Wildman–Crippen LogP) is 3.30. The number of rotatable bonds is 2. The average molecular weight is 195 g/mol. The molecule has 1 saturated heterocycles. The summed E-state index contributed by atoms with van der Waals surface area (Å²) >= 11 is 1.82. The second-order valence-electron chi connectivity index (χ2n) is 3.70. The first kappa shape index (κ1) is 9.22. The number of hydrogen-bond acceptors (Lipinski definition) is 2. The fraction of sp³-hybridized carbons (Fsp3) is 0.636. The van der Waals surface area contributed by atoms with Gasteiger partial charge in [0.2, 0.25) is 0 Å². The average Bonchev–Trinajstić information content (AvgIpc) is 2.70. The molecule has 0 amide bonds. The third-order valence-electron chi connectivity index (χ3n) is 2.95. The van der Waals surface area contributed by atoms with Gasteiger partial charge < -0.3 is 0 Å². The Balaban J connectivity index is 2.11. The van der Waals surface area contributed by atoms with Crippen LogP contribution in [0.2, 0.25) is 0 Å². The van der Waals surface area contributed by atoms with E-state index < -0.39 is 0 Å². The van der Waals surface area contributed by atoms with Crippen molar-refractivity contribution in [2.24, 2.45) is 0 Å². The number of nitrogens with zero attached hydrogens (tertiary/aromatic N) is 1. The van der Waals surface area contributed by atoms with E-state index in [9.17, 15) is 0 Å². The van der Waals surface area contributed by atoms with E-state index in [0.29, 0.717) is 6.04 Å². The zero-order valence-corrected chi connectivity index (χ0v) is 9.02. The van der Waals surface area contributed by atoms with Crippen molar-refractivity contribution in [1.29, 1.82) is 0 Å². The third-order valence-corrected chi connectivity index (χ3v) is 3.65. The highest BCUT2D eigenvalue weighted by Gasteiger charge is 2.22. The van der Waals surface area contributed by atoms with Crippen molar-refractivity contribution in [2.45, 2.75) is 32.2 Å². The lowest BCUT2D eigenvalue weighted by molar-refractivity contribution is 0.157. The van der Waals surface area contributed by atoms with Crippen LogP contribution in [-0.2, 0) is 0 Å². The molecule has 1 aliphatic rings. The highest BCUT2D eigenvalue weighted by Crippen LogP contribution is 2.31. The molecule has 0 aromatic carbocycles. The molecule has 1 atom stereocenters. The molecule has 1 aromatic heterocycles. The van der Waals surface area contributed by atoms with Crippen molar-refractivity contribution >= 4 is 11.3 Å². The Bertz CT molecular complexity index is 243. The second kappa shape index (κ2) is 4.25. The Morgan fingerprint density at radius 2 is 2.46 bits per heavy atom. The van der Waals surface area contributed by atoms with Gasteiger partial charge in [0.05, 0.1) is 0 Å². The van der Waals surface area contributed by atoms with Crippen molar-refractivity contribution in [3.05, 3.63) is 22.4 Å². The molecule has 0 radical (unpaired) electrons. The highest BCUT2D eigenvalue weighted by molar-refractivity contribution is 7.07. The molecule has 13 heavy (non-hydrogen) atoms. The maximum absolute atomic E-state index is 2.60. The Hall–Kier alpha value is -0.340. The van der Waals surface area contributed by atoms with Gasteiger partial charge in [-0.2, -0.15) is 11.3 Å². The van der Waals surface area contributed by atoms with Crippen molar-refractivity contribution < 1.29 is 0 Å². The summed E-state index contributed by atoms with van der Waals surface area (Å²) in [7, 11) is 0. The van der Waals surface area contributed by atoms with Crippen molar-refractivity contribution in [1.82, 2.24) is 4.90 Å². The molecule has 1 aliphatic heterocycles. The highest BCUT2D eigenvalue weighted by atomic mass is 32.1. The molecule has 1 aromatic rings. The first-order chi connectivity index (χ1) is 6.42. The van der Waals surface area contributed by atoms with Gasteiger partial charge in [-0.25, -0.2) is 0 Å². The van der Waals surface area contributed by atoms with E-state index in [2.05, 4.69) is 28.7 Å². The molecular formula is C11H17NS. The van der Waals surface area contributed by atoms with Crippen LogP contribution in [0.3, 0.4) is 0 Å². The molecule has 0 spiro atoms. The summed E-state index contributed by atoms with van der Waals surface area (Å²) in [6.45, 7) is 4.75. The van der Waals surface area contributed by atoms with Crippen molar-refractivity contribution in [2.75, 3.05) is 13.1 Å². The molecule has 1 fully saturated rings. The van der Waals surface area contributed by atoms with Crippen LogP contribution in [0.15, 0.2) is 16.8 Å². The van der Waals surface area contributed by atoms with Gasteiger partial charge in [-0.1, -0.05) is 13.3 Å². The topological polar surface area (TPSA) is 3.24 Å². The third kappa shape index (κ3) is 1.94. The van der Waals surface area contributed by atoms with E-state index in [-0.39, 0.29) is 0 Å². The number of piperidine rings is 1. The Morgan fingerprint density at radius 3 is 3.15 bits per heavy atom. The molecule has 0 saturated carbocycles. The fourth-order valence-corrected chi connectivity index (χ4v) is 2.92. The van der Waals surface area contributed by atoms with E-state index >= 15 is 0 Å². The maximum atomic E-state index is 2.60. The predicted molar refractivity (Wildman–Crippen MR) is 58.2 cm³/mol. The van der Waals surface area contributed by atoms with Gasteiger partial charge >= 0.3 is 0 Å². The summed E-state index contributed by atoms with van der Waals surface area (Å²) < 4.78 is 0. The first-order valence-corrected chi connectivity index (χ1v) is 6.12. The molecule has 0 bridgehead atoms. The summed E-state index contributed by atoms with van der Waals surface area (Å²) in [6, 6.07) is 2.99. The van der Waals surface area contributed by atoms with Crippen LogP contribution in [0, 0.1) is 0 Å². The molecule has 0 unspecified atom stereocenters. The number of thiophene rings is 1. The van der Waals surface area contributed by atoms with Crippen LogP contribution in [0.5, 0.6) is 0 Å². The van der Waals surface area contributed by atoms with Gasteiger partial charge in [0.15, 0.2) is 0 Å². The lowest BCUT2D eigenvalue weighted by Gasteiger charge is -2.34. The Kier molecular flexibility index (Phi) is 3.01. The molecular weight excluding hydrogens is 178 g/mol. The SMILES string of the molecule is CCN1CCCC[C@@H]1c1ccsc1. The van der Waals surface area contributed by atoms with Gasteiger partial charge in [0.25, 0.3) is 0 Å². The largest absolute Gasteiger partial charge is 0.297 e.